The Morgan fingerprint density at radius 1 is 1.48 bits per heavy atom. The van der Waals surface area contributed by atoms with Crippen LogP contribution in [0.2, 0.25) is 0 Å². The van der Waals surface area contributed by atoms with Crippen molar-refractivity contribution in [3.8, 4) is 0 Å². The molecule has 5 N–H and O–H groups in total. The Labute approximate surface area is 141 Å². The zero-order valence-electron chi connectivity index (χ0n) is 14.2. The molecule has 0 saturated heterocycles. The van der Waals surface area contributed by atoms with E-state index < -0.39 is 11.7 Å². The van der Waals surface area contributed by atoms with Crippen LogP contribution in [0.25, 0.3) is 5.70 Å². The van der Waals surface area contributed by atoms with Gasteiger partial charge in [-0.1, -0.05) is 0 Å². The molecule has 128 valence electrons. The molecule has 0 radical (unpaired) electrons. The van der Waals surface area contributed by atoms with Gasteiger partial charge in [0.1, 0.15) is 5.60 Å². The number of nitrogens with one attached hydrogen (secondary N) is 1. The van der Waals surface area contributed by atoms with Crippen molar-refractivity contribution in [2.75, 3.05) is 19.8 Å². The molecular weight excluding hydrogens is 314 g/mol. The number of amides is 1. The van der Waals surface area contributed by atoms with E-state index in [-0.39, 0.29) is 0 Å². The van der Waals surface area contributed by atoms with E-state index in [1.165, 1.54) is 17.5 Å². The van der Waals surface area contributed by atoms with Crippen LogP contribution in [0.5, 0.6) is 0 Å². The minimum absolute atomic E-state index is 0.332. The SMILES string of the molecule is CN(C)C=N/C(=C/N)c1cc(CNC(=O)OC(C)(C)C)sc1N. The van der Waals surface area contributed by atoms with Gasteiger partial charge < -0.3 is 26.4 Å². The molecule has 1 amide bonds. The highest BCUT2D eigenvalue weighted by Gasteiger charge is 2.16. The van der Waals surface area contributed by atoms with Gasteiger partial charge in [-0.15, -0.1) is 11.3 Å². The van der Waals surface area contributed by atoms with Crippen LogP contribution in [0, 0.1) is 0 Å². The molecule has 7 nitrogen and oxygen atoms in total. The fraction of sp³-hybridized carbons (Fsp3) is 0.467. The molecule has 0 saturated carbocycles. The highest BCUT2D eigenvalue weighted by atomic mass is 32.1. The van der Waals surface area contributed by atoms with Gasteiger partial charge in [-0.25, -0.2) is 9.79 Å². The molecule has 0 atom stereocenters. The topological polar surface area (TPSA) is 106 Å². The van der Waals surface area contributed by atoms with Crippen molar-refractivity contribution in [1.29, 1.82) is 0 Å². The summed E-state index contributed by atoms with van der Waals surface area (Å²) < 4.78 is 5.19. The van der Waals surface area contributed by atoms with Gasteiger partial charge in [0.15, 0.2) is 0 Å². The van der Waals surface area contributed by atoms with E-state index in [1.54, 1.807) is 11.2 Å². The Balaban J connectivity index is 2.77. The number of rotatable bonds is 5. The zero-order valence-corrected chi connectivity index (χ0v) is 15.0. The molecule has 0 bridgehead atoms. The van der Waals surface area contributed by atoms with Crippen molar-refractivity contribution in [3.05, 3.63) is 22.7 Å². The summed E-state index contributed by atoms with van der Waals surface area (Å²) in [6.45, 7) is 5.78. The molecule has 23 heavy (non-hydrogen) atoms. The van der Waals surface area contributed by atoms with Crippen molar-refractivity contribution in [2.45, 2.75) is 32.9 Å². The molecule has 1 rings (SSSR count). The maximum atomic E-state index is 11.7. The van der Waals surface area contributed by atoms with Gasteiger partial charge in [-0.05, 0) is 26.8 Å². The van der Waals surface area contributed by atoms with Crippen molar-refractivity contribution in [1.82, 2.24) is 10.2 Å². The number of nitrogens with two attached hydrogens (primary N) is 2. The molecule has 0 aromatic carbocycles. The average Bonchev–Trinajstić information content (AvgIpc) is 2.76. The lowest BCUT2D eigenvalue weighted by molar-refractivity contribution is 0.0524. The Morgan fingerprint density at radius 3 is 2.65 bits per heavy atom. The number of thiophene rings is 1. The fourth-order valence-electron chi connectivity index (χ4n) is 1.60. The first-order valence-corrected chi connectivity index (χ1v) is 7.92. The number of nitrogen functional groups attached to an aromatic ring is 1. The predicted molar refractivity (Wildman–Crippen MR) is 96.1 cm³/mol. The number of alkyl carbamates (subject to hydrolysis) is 1. The Kier molecular flexibility index (Phi) is 6.44. The minimum Gasteiger partial charge on any atom is -0.444 e. The lowest BCUT2D eigenvalue weighted by Crippen LogP contribution is -2.31. The van der Waals surface area contributed by atoms with E-state index in [1.807, 2.05) is 40.9 Å². The fourth-order valence-corrected chi connectivity index (χ4v) is 2.48. The molecular formula is C15H25N5O2S. The van der Waals surface area contributed by atoms with Crippen LogP contribution in [0.1, 0.15) is 31.2 Å². The van der Waals surface area contributed by atoms with Crippen LogP contribution in [-0.2, 0) is 11.3 Å². The first-order valence-electron chi connectivity index (χ1n) is 7.10. The summed E-state index contributed by atoms with van der Waals surface area (Å²) in [6.07, 6.45) is 2.59. The normalized spacial score (nSPS) is 12.5. The Bertz CT molecular complexity index is 599. The first-order chi connectivity index (χ1) is 10.6. The average molecular weight is 339 g/mol. The molecule has 1 aromatic heterocycles. The molecule has 0 spiro atoms. The van der Waals surface area contributed by atoms with Crippen LogP contribution >= 0.6 is 11.3 Å². The summed E-state index contributed by atoms with van der Waals surface area (Å²) >= 11 is 1.38. The maximum absolute atomic E-state index is 11.7. The summed E-state index contributed by atoms with van der Waals surface area (Å²) in [5.74, 6) is 0. The van der Waals surface area contributed by atoms with E-state index in [9.17, 15) is 4.79 Å². The Hall–Kier alpha value is -2.22. The smallest absolute Gasteiger partial charge is 0.407 e. The summed E-state index contributed by atoms with van der Waals surface area (Å²) in [4.78, 5) is 18.6. The second kappa shape index (κ2) is 7.87. The molecule has 0 aliphatic carbocycles. The third kappa shape index (κ3) is 6.60. The zero-order chi connectivity index (χ0) is 17.6. The summed E-state index contributed by atoms with van der Waals surface area (Å²) in [7, 11) is 3.73. The van der Waals surface area contributed by atoms with Crippen LogP contribution in [-0.4, -0.2) is 37.0 Å². The van der Waals surface area contributed by atoms with Crippen molar-refractivity contribution in [2.24, 2.45) is 10.7 Å². The van der Waals surface area contributed by atoms with Crippen LogP contribution < -0.4 is 16.8 Å². The van der Waals surface area contributed by atoms with E-state index in [2.05, 4.69) is 10.3 Å². The summed E-state index contributed by atoms with van der Waals surface area (Å²) in [6, 6.07) is 1.86. The van der Waals surface area contributed by atoms with Gasteiger partial charge in [-0.3, -0.25) is 0 Å². The summed E-state index contributed by atoms with van der Waals surface area (Å²) in [5.41, 5.74) is 12.4. The standard InChI is InChI=1S/C15H25N5O2S/c1-15(2,3)22-14(21)18-8-10-6-11(13(17)23-10)12(7-16)19-9-20(4)5/h6-7,9H,8,16-17H2,1-5H3,(H,18,21)/b12-7+,19-9?. The quantitative estimate of drug-likeness (QED) is 0.563. The third-order valence-corrected chi connectivity index (χ3v) is 3.44. The maximum Gasteiger partial charge on any atom is 0.407 e. The number of ether oxygens (including phenoxy) is 1. The van der Waals surface area contributed by atoms with Crippen LogP contribution in [0.4, 0.5) is 9.80 Å². The largest absolute Gasteiger partial charge is 0.444 e. The lowest BCUT2D eigenvalue weighted by atomic mass is 10.2. The second-order valence-corrected chi connectivity index (χ2v) is 7.27. The van der Waals surface area contributed by atoms with Crippen molar-refractivity contribution < 1.29 is 9.53 Å². The molecule has 1 aromatic rings. The van der Waals surface area contributed by atoms with Gasteiger partial charge in [0.2, 0.25) is 0 Å². The van der Waals surface area contributed by atoms with Crippen molar-refractivity contribution in [3.63, 3.8) is 0 Å². The first kappa shape index (κ1) is 18.8. The number of carbonyl (C=O) groups is 1. The highest BCUT2D eigenvalue weighted by molar-refractivity contribution is 7.16. The number of aliphatic imine (C=N–C) groups is 1. The van der Waals surface area contributed by atoms with Crippen LogP contribution in [0.3, 0.4) is 0 Å². The number of hydrogen-bond acceptors (Lipinski definition) is 6. The molecule has 0 fully saturated rings. The number of hydrogen-bond donors (Lipinski definition) is 3. The van der Waals surface area contributed by atoms with Crippen LogP contribution in [0.15, 0.2) is 17.3 Å². The monoisotopic (exact) mass is 339 g/mol. The summed E-state index contributed by atoms with van der Waals surface area (Å²) in [5, 5.41) is 3.30. The molecule has 0 aliphatic heterocycles. The van der Waals surface area contributed by atoms with Gasteiger partial charge in [0, 0.05) is 30.7 Å². The number of nitrogens with zero attached hydrogens (tertiary/aromatic N) is 2. The van der Waals surface area contributed by atoms with Gasteiger partial charge in [-0.2, -0.15) is 0 Å². The second-order valence-electron chi connectivity index (χ2n) is 6.11. The van der Waals surface area contributed by atoms with E-state index in [0.717, 1.165) is 10.4 Å². The Morgan fingerprint density at radius 2 is 2.13 bits per heavy atom. The number of anilines is 1. The lowest BCUT2D eigenvalue weighted by Gasteiger charge is -2.19. The molecule has 1 heterocycles. The molecule has 0 aliphatic rings. The minimum atomic E-state index is -0.528. The van der Waals surface area contributed by atoms with E-state index >= 15 is 0 Å². The third-order valence-electron chi connectivity index (χ3n) is 2.48. The van der Waals surface area contributed by atoms with E-state index in [4.69, 9.17) is 16.2 Å². The number of carbonyl (C=O) groups excluding carboxylic acids is 1. The van der Waals surface area contributed by atoms with E-state index in [0.29, 0.717) is 17.2 Å². The predicted octanol–water partition coefficient (Wildman–Crippen LogP) is 2.20. The highest BCUT2D eigenvalue weighted by Crippen LogP contribution is 2.31. The van der Waals surface area contributed by atoms with Gasteiger partial charge in [0.25, 0.3) is 0 Å². The van der Waals surface area contributed by atoms with Gasteiger partial charge in [0.05, 0.1) is 23.6 Å². The van der Waals surface area contributed by atoms with Gasteiger partial charge >= 0.3 is 6.09 Å². The molecule has 8 heteroatoms. The van der Waals surface area contributed by atoms with Crippen molar-refractivity contribution >= 4 is 34.5 Å². The molecule has 0 unspecified atom stereocenters.